The molecular weight excluding hydrogens is 270 g/mol. The van der Waals surface area contributed by atoms with E-state index in [0.29, 0.717) is 17.7 Å². The first-order valence-corrected chi connectivity index (χ1v) is 7.70. The van der Waals surface area contributed by atoms with Crippen molar-refractivity contribution in [3.8, 4) is 5.75 Å². The summed E-state index contributed by atoms with van der Waals surface area (Å²) < 4.78 is 11.3. The van der Waals surface area contributed by atoms with E-state index in [1.807, 2.05) is 18.2 Å². The van der Waals surface area contributed by atoms with E-state index in [-0.39, 0.29) is 0 Å². The predicted octanol–water partition coefficient (Wildman–Crippen LogP) is 3.57. The molecule has 2 N–H and O–H groups in total. The highest BCUT2D eigenvalue weighted by atomic mass is 32.1. The van der Waals surface area contributed by atoms with Crippen molar-refractivity contribution in [3.05, 3.63) is 29.3 Å². The number of benzene rings is 1. The zero-order valence-electron chi connectivity index (χ0n) is 12.1. The molecule has 1 aliphatic rings. The standard InChI is InChI=1S/C16H23NO2S/c1-18-15-9-8-12(10-14(15)16(17)20)11-19-13-6-4-2-3-5-7-13/h8-10,13H,2-7,11H2,1H3,(H2,17,20). The summed E-state index contributed by atoms with van der Waals surface area (Å²) in [4.78, 5) is 0.359. The average Bonchev–Trinajstić information content (AvgIpc) is 2.73. The van der Waals surface area contributed by atoms with E-state index in [1.54, 1.807) is 7.11 Å². The minimum Gasteiger partial charge on any atom is -0.496 e. The molecular formula is C16H23NO2S. The third kappa shape index (κ3) is 4.18. The monoisotopic (exact) mass is 293 g/mol. The lowest BCUT2D eigenvalue weighted by atomic mass is 10.1. The molecule has 2 rings (SSSR count). The highest BCUT2D eigenvalue weighted by Gasteiger charge is 2.13. The molecule has 1 fully saturated rings. The molecule has 1 saturated carbocycles. The molecule has 3 nitrogen and oxygen atoms in total. The van der Waals surface area contributed by atoms with Crippen molar-refractivity contribution in [1.29, 1.82) is 0 Å². The van der Waals surface area contributed by atoms with Crippen LogP contribution in [-0.2, 0) is 11.3 Å². The number of ether oxygens (including phenoxy) is 2. The lowest BCUT2D eigenvalue weighted by Gasteiger charge is -2.16. The van der Waals surface area contributed by atoms with Gasteiger partial charge in [-0.1, -0.05) is 44.0 Å². The van der Waals surface area contributed by atoms with Crippen LogP contribution in [0.5, 0.6) is 5.75 Å². The van der Waals surface area contributed by atoms with E-state index >= 15 is 0 Å². The maximum atomic E-state index is 6.03. The number of thiocarbonyl (C=S) groups is 1. The van der Waals surface area contributed by atoms with E-state index < -0.39 is 0 Å². The molecule has 1 aromatic rings. The molecule has 20 heavy (non-hydrogen) atoms. The zero-order valence-corrected chi connectivity index (χ0v) is 12.9. The molecule has 4 heteroatoms. The molecule has 0 radical (unpaired) electrons. The van der Waals surface area contributed by atoms with Gasteiger partial charge in [-0.25, -0.2) is 0 Å². The fourth-order valence-electron chi connectivity index (χ4n) is 2.66. The fraction of sp³-hybridized carbons (Fsp3) is 0.562. The first kappa shape index (κ1) is 15.3. The second kappa shape index (κ2) is 7.60. The van der Waals surface area contributed by atoms with E-state index in [0.717, 1.165) is 16.9 Å². The number of nitrogens with two attached hydrogens (primary N) is 1. The minimum atomic E-state index is 0.359. The summed E-state index contributed by atoms with van der Waals surface area (Å²) in [6.45, 7) is 0.615. The number of rotatable bonds is 5. The van der Waals surface area contributed by atoms with Crippen LogP contribution in [0, 0.1) is 0 Å². The molecule has 0 saturated heterocycles. The average molecular weight is 293 g/mol. The van der Waals surface area contributed by atoms with Gasteiger partial charge < -0.3 is 15.2 Å². The van der Waals surface area contributed by atoms with Crippen LogP contribution >= 0.6 is 12.2 Å². The van der Waals surface area contributed by atoms with Gasteiger partial charge in [-0.05, 0) is 30.5 Å². The molecule has 0 bridgehead atoms. The van der Waals surface area contributed by atoms with Crippen LogP contribution in [0.3, 0.4) is 0 Å². The van der Waals surface area contributed by atoms with Gasteiger partial charge >= 0.3 is 0 Å². The second-order valence-corrected chi connectivity index (χ2v) is 5.76. The van der Waals surface area contributed by atoms with Crippen molar-refractivity contribution in [3.63, 3.8) is 0 Å². The van der Waals surface area contributed by atoms with Gasteiger partial charge in [0.15, 0.2) is 0 Å². The van der Waals surface area contributed by atoms with Gasteiger partial charge in [0.1, 0.15) is 10.7 Å². The first-order chi connectivity index (χ1) is 9.70. The Kier molecular flexibility index (Phi) is 5.80. The van der Waals surface area contributed by atoms with Gasteiger partial charge in [-0.2, -0.15) is 0 Å². The Hall–Kier alpha value is -1.13. The maximum absolute atomic E-state index is 6.03. The summed E-state index contributed by atoms with van der Waals surface area (Å²) in [7, 11) is 1.62. The molecule has 0 heterocycles. The fourth-order valence-corrected chi connectivity index (χ4v) is 2.82. The Morgan fingerprint density at radius 2 is 1.95 bits per heavy atom. The second-order valence-electron chi connectivity index (χ2n) is 5.32. The quantitative estimate of drug-likeness (QED) is 0.666. The molecule has 1 aromatic carbocycles. The lowest BCUT2D eigenvalue weighted by Crippen LogP contribution is -2.13. The summed E-state index contributed by atoms with van der Waals surface area (Å²) in [5.41, 5.74) is 7.61. The van der Waals surface area contributed by atoms with E-state index in [9.17, 15) is 0 Å². The van der Waals surface area contributed by atoms with E-state index in [2.05, 4.69) is 0 Å². The van der Waals surface area contributed by atoms with Gasteiger partial charge in [0.05, 0.1) is 25.4 Å². The smallest absolute Gasteiger partial charge is 0.129 e. The summed E-state index contributed by atoms with van der Waals surface area (Å²) in [5, 5.41) is 0. The molecule has 0 aliphatic heterocycles. The normalized spacial score (nSPS) is 16.6. The van der Waals surface area contributed by atoms with Crippen LogP contribution in [0.1, 0.15) is 49.7 Å². The highest BCUT2D eigenvalue weighted by molar-refractivity contribution is 7.80. The van der Waals surface area contributed by atoms with Crippen LogP contribution in [0.4, 0.5) is 0 Å². The molecule has 1 aliphatic carbocycles. The van der Waals surface area contributed by atoms with Crippen LogP contribution < -0.4 is 10.5 Å². The van der Waals surface area contributed by atoms with Crippen molar-refractivity contribution in [2.45, 2.75) is 51.2 Å². The Morgan fingerprint density at radius 1 is 1.25 bits per heavy atom. The summed E-state index contributed by atoms with van der Waals surface area (Å²) >= 11 is 5.06. The topological polar surface area (TPSA) is 44.5 Å². The third-order valence-corrected chi connectivity index (χ3v) is 4.04. The van der Waals surface area contributed by atoms with Gasteiger partial charge in [0.2, 0.25) is 0 Å². The van der Waals surface area contributed by atoms with Crippen molar-refractivity contribution in [1.82, 2.24) is 0 Å². The van der Waals surface area contributed by atoms with Crippen molar-refractivity contribution in [2.24, 2.45) is 5.73 Å². The summed E-state index contributed by atoms with van der Waals surface area (Å²) in [6.07, 6.45) is 8.00. The van der Waals surface area contributed by atoms with Gasteiger partial charge in [-0.15, -0.1) is 0 Å². The summed E-state index contributed by atoms with van der Waals surface area (Å²) in [6, 6.07) is 5.88. The van der Waals surface area contributed by atoms with Crippen molar-refractivity contribution in [2.75, 3.05) is 7.11 Å². The highest BCUT2D eigenvalue weighted by Crippen LogP contribution is 2.23. The van der Waals surface area contributed by atoms with Crippen LogP contribution in [0.25, 0.3) is 0 Å². The van der Waals surface area contributed by atoms with Crippen molar-refractivity contribution < 1.29 is 9.47 Å². The van der Waals surface area contributed by atoms with Crippen LogP contribution in [0.15, 0.2) is 18.2 Å². The number of hydrogen-bond donors (Lipinski definition) is 1. The summed E-state index contributed by atoms with van der Waals surface area (Å²) in [5.74, 6) is 0.718. The predicted molar refractivity (Wildman–Crippen MR) is 85.2 cm³/mol. The Bertz CT molecular complexity index is 454. The molecule has 0 unspecified atom stereocenters. The van der Waals surface area contributed by atoms with E-state index in [1.165, 1.54) is 38.5 Å². The SMILES string of the molecule is COc1ccc(COC2CCCCCC2)cc1C(N)=S. The molecule has 0 amide bonds. The number of hydrogen-bond acceptors (Lipinski definition) is 3. The first-order valence-electron chi connectivity index (χ1n) is 7.29. The van der Waals surface area contributed by atoms with Crippen molar-refractivity contribution >= 4 is 17.2 Å². The molecule has 0 atom stereocenters. The van der Waals surface area contributed by atoms with Gasteiger partial charge in [0.25, 0.3) is 0 Å². The lowest BCUT2D eigenvalue weighted by molar-refractivity contribution is 0.0309. The molecule has 0 spiro atoms. The van der Waals surface area contributed by atoms with Gasteiger partial charge in [-0.3, -0.25) is 0 Å². The zero-order chi connectivity index (χ0) is 14.4. The third-order valence-electron chi connectivity index (χ3n) is 3.82. The molecule has 110 valence electrons. The van der Waals surface area contributed by atoms with Crippen LogP contribution in [0.2, 0.25) is 0 Å². The maximum Gasteiger partial charge on any atom is 0.129 e. The molecule has 0 aromatic heterocycles. The Morgan fingerprint density at radius 3 is 2.55 bits per heavy atom. The van der Waals surface area contributed by atoms with Crippen LogP contribution in [-0.4, -0.2) is 18.2 Å². The number of methoxy groups -OCH3 is 1. The van der Waals surface area contributed by atoms with Gasteiger partial charge in [0, 0.05) is 0 Å². The minimum absolute atomic E-state index is 0.359. The largest absolute Gasteiger partial charge is 0.496 e. The Balaban J connectivity index is 1.98. The Labute approximate surface area is 126 Å². The van der Waals surface area contributed by atoms with E-state index in [4.69, 9.17) is 27.4 Å².